The predicted molar refractivity (Wildman–Crippen MR) is 244 cm³/mol. The standard InChI is InChI=1S/C55H56N2S/c1-54(2)45-26-15-24-39(49(45)43-33-47-42(32-46(43)54)40-22-7-9-25-44(40)55(47)28-11-4-12-29-55)37-20-13-18-35(30-37)36-19-14-21-38(31-36)52-56-51(34-16-5-3-6-17-34)50-41-23-8-10-27-48(41)58-53(50)57-52/h3,5-10,13-16,19-23,25-27,30,32,34-36,39,42-43,47,52,57H,4,11-12,17-18,24,28-29,31,33H2,1-2H3. The first kappa shape index (κ1) is 35.5. The van der Waals surface area contributed by atoms with Gasteiger partial charge < -0.3 is 5.32 Å². The Hall–Kier alpha value is -4.47. The molecule has 8 aliphatic carbocycles. The molecule has 0 amide bonds. The fraction of sp³-hybridized carbons (Fsp3) is 0.400. The molecule has 2 aromatic carbocycles. The Labute approximate surface area is 349 Å². The van der Waals surface area contributed by atoms with E-state index in [1.807, 2.05) is 11.3 Å². The summed E-state index contributed by atoms with van der Waals surface area (Å²) in [5.41, 5.74) is 14.5. The van der Waals surface area contributed by atoms with Crippen LogP contribution in [-0.4, -0.2) is 11.9 Å². The molecule has 1 spiro atoms. The van der Waals surface area contributed by atoms with Gasteiger partial charge in [-0.3, -0.25) is 4.99 Å². The first-order valence-electron chi connectivity index (χ1n) is 22.7. The largest absolute Gasteiger partial charge is 0.351 e. The second-order valence-electron chi connectivity index (χ2n) is 19.5. The average molecular weight is 777 g/mol. The molecule has 12 rings (SSSR count). The van der Waals surface area contributed by atoms with Gasteiger partial charge in [-0.25, -0.2) is 0 Å². The molecule has 0 radical (unpaired) electrons. The van der Waals surface area contributed by atoms with Gasteiger partial charge in [-0.1, -0.05) is 166 Å². The third-order valence-corrected chi connectivity index (χ3v) is 17.5. The van der Waals surface area contributed by atoms with Gasteiger partial charge in [0.2, 0.25) is 0 Å². The first-order chi connectivity index (χ1) is 28.5. The lowest BCUT2D eigenvalue weighted by molar-refractivity contribution is 0.169. The molecule has 3 aromatic rings. The molecule has 58 heavy (non-hydrogen) atoms. The van der Waals surface area contributed by atoms with Crippen LogP contribution in [0, 0.1) is 40.9 Å². The van der Waals surface area contributed by atoms with Crippen molar-refractivity contribution in [3.05, 3.63) is 172 Å². The van der Waals surface area contributed by atoms with Crippen LogP contribution in [0.5, 0.6) is 0 Å². The van der Waals surface area contributed by atoms with Crippen LogP contribution in [0.1, 0.15) is 101 Å². The molecule has 0 bridgehead atoms. The highest BCUT2D eigenvalue weighted by atomic mass is 32.1. The maximum Gasteiger partial charge on any atom is 0.141 e. The molecule has 0 saturated heterocycles. The molecule has 1 fully saturated rings. The summed E-state index contributed by atoms with van der Waals surface area (Å²) >= 11 is 1.89. The number of hydrogen-bond acceptors (Lipinski definition) is 3. The lowest BCUT2D eigenvalue weighted by Gasteiger charge is -2.45. The molecule has 1 saturated carbocycles. The minimum atomic E-state index is -0.0312. The number of fused-ring (bicyclic) bond motifs is 10. The summed E-state index contributed by atoms with van der Waals surface area (Å²) in [5.74, 6) is 3.58. The van der Waals surface area contributed by atoms with Crippen molar-refractivity contribution in [3.63, 3.8) is 0 Å². The third kappa shape index (κ3) is 5.30. The number of hydrogen-bond donors (Lipinski definition) is 1. The molecular formula is C55H56N2S. The Morgan fingerprint density at radius 1 is 0.793 bits per heavy atom. The number of anilines is 1. The fourth-order valence-electron chi connectivity index (χ4n) is 13.7. The highest BCUT2D eigenvalue weighted by Crippen LogP contribution is 2.67. The Morgan fingerprint density at radius 2 is 1.66 bits per heavy atom. The molecule has 3 heteroatoms. The third-order valence-electron chi connectivity index (χ3n) is 16.4. The molecular weight excluding hydrogens is 721 g/mol. The van der Waals surface area contributed by atoms with E-state index in [4.69, 9.17) is 4.99 Å². The van der Waals surface area contributed by atoms with E-state index in [2.05, 4.69) is 147 Å². The van der Waals surface area contributed by atoms with Gasteiger partial charge in [-0.15, -0.1) is 11.3 Å². The van der Waals surface area contributed by atoms with Crippen LogP contribution in [0.3, 0.4) is 0 Å². The second-order valence-corrected chi connectivity index (χ2v) is 20.6. The summed E-state index contributed by atoms with van der Waals surface area (Å²) in [6.45, 7) is 5.09. The fourth-order valence-corrected chi connectivity index (χ4v) is 14.9. The van der Waals surface area contributed by atoms with E-state index in [9.17, 15) is 0 Å². The molecule has 9 aliphatic rings. The van der Waals surface area contributed by atoms with Gasteiger partial charge in [-0.05, 0) is 102 Å². The number of nitrogens with zero attached hydrogens (tertiary/aromatic N) is 1. The van der Waals surface area contributed by atoms with E-state index in [1.165, 1.54) is 70.5 Å². The highest BCUT2D eigenvalue weighted by Gasteiger charge is 2.57. The number of allylic oxidation sites excluding steroid dienone is 17. The van der Waals surface area contributed by atoms with Crippen LogP contribution in [0.4, 0.5) is 5.00 Å². The Morgan fingerprint density at radius 3 is 2.55 bits per heavy atom. The molecule has 8 atom stereocenters. The quantitative estimate of drug-likeness (QED) is 0.262. The molecule has 1 N–H and O–H groups in total. The summed E-state index contributed by atoms with van der Waals surface area (Å²) in [5, 5.41) is 6.56. The van der Waals surface area contributed by atoms with Crippen molar-refractivity contribution < 1.29 is 0 Å². The molecule has 1 aromatic heterocycles. The van der Waals surface area contributed by atoms with Gasteiger partial charge in [-0.2, -0.15) is 0 Å². The number of aliphatic imine (C=N–C) groups is 1. The smallest absolute Gasteiger partial charge is 0.141 e. The van der Waals surface area contributed by atoms with Crippen molar-refractivity contribution in [2.75, 3.05) is 5.32 Å². The lowest BCUT2D eigenvalue weighted by atomic mass is 9.58. The van der Waals surface area contributed by atoms with Gasteiger partial charge >= 0.3 is 0 Å². The molecule has 292 valence electrons. The zero-order valence-corrected chi connectivity index (χ0v) is 35.0. The Balaban J connectivity index is 0.841. The normalized spacial score (nSPS) is 33.4. The van der Waals surface area contributed by atoms with Gasteiger partial charge in [0.05, 0.1) is 5.71 Å². The van der Waals surface area contributed by atoms with Crippen LogP contribution >= 0.6 is 11.3 Å². The maximum absolute atomic E-state index is 5.59. The van der Waals surface area contributed by atoms with Gasteiger partial charge in [0.25, 0.3) is 0 Å². The van der Waals surface area contributed by atoms with Crippen molar-refractivity contribution in [2.24, 2.45) is 45.9 Å². The van der Waals surface area contributed by atoms with Crippen LogP contribution in [0.25, 0.3) is 10.1 Å². The maximum atomic E-state index is 5.59. The van der Waals surface area contributed by atoms with Crippen molar-refractivity contribution in [3.8, 4) is 0 Å². The molecule has 2 heterocycles. The minimum absolute atomic E-state index is 0.0312. The zero-order valence-electron chi connectivity index (χ0n) is 34.2. The van der Waals surface area contributed by atoms with Crippen LogP contribution in [-0.2, 0) is 5.41 Å². The molecule has 2 nitrogen and oxygen atoms in total. The van der Waals surface area contributed by atoms with Gasteiger partial charge in [0, 0.05) is 44.7 Å². The van der Waals surface area contributed by atoms with Crippen LogP contribution < -0.4 is 5.32 Å². The zero-order chi connectivity index (χ0) is 38.6. The van der Waals surface area contributed by atoms with Crippen molar-refractivity contribution in [2.45, 2.75) is 95.6 Å². The van der Waals surface area contributed by atoms with Crippen LogP contribution in [0.15, 0.2) is 160 Å². The lowest BCUT2D eigenvalue weighted by Crippen LogP contribution is -2.38. The minimum Gasteiger partial charge on any atom is -0.351 e. The van der Waals surface area contributed by atoms with Crippen LogP contribution in [0.2, 0.25) is 0 Å². The summed E-state index contributed by atoms with van der Waals surface area (Å²) in [6.07, 6.45) is 44.4. The number of nitrogens with one attached hydrogen (secondary N) is 1. The van der Waals surface area contributed by atoms with E-state index < -0.39 is 0 Å². The summed E-state index contributed by atoms with van der Waals surface area (Å²) in [7, 11) is 0. The number of thiophene rings is 1. The van der Waals surface area contributed by atoms with Crippen molar-refractivity contribution >= 4 is 32.1 Å². The van der Waals surface area contributed by atoms with E-state index in [0.717, 1.165) is 31.6 Å². The molecule has 1 aliphatic heterocycles. The van der Waals surface area contributed by atoms with E-state index >= 15 is 0 Å². The topological polar surface area (TPSA) is 24.4 Å². The van der Waals surface area contributed by atoms with E-state index in [-0.39, 0.29) is 11.6 Å². The summed E-state index contributed by atoms with van der Waals surface area (Å²) < 4.78 is 1.34. The number of benzene rings is 2. The predicted octanol–water partition coefficient (Wildman–Crippen LogP) is 14.1. The summed E-state index contributed by atoms with van der Waals surface area (Å²) in [6, 6.07) is 18.5. The van der Waals surface area contributed by atoms with Gasteiger partial charge in [0.1, 0.15) is 11.2 Å². The molecule has 8 unspecified atom stereocenters. The van der Waals surface area contributed by atoms with Crippen molar-refractivity contribution in [1.82, 2.24) is 0 Å². The van der Waals surface area contributed by atoms with Gasteiger partial charge in [0.15, 0.2) is 0 Å². The van der Waals surface area contributed by atoms with Crippen molar-refractivity contribution in [1.29, 1.82) is 0 Å². The Kier molecular flexibility index (Phi) is 8.28. The van der Waals surface area contributed by atoms with E-state index in [1.54, 1.807) is 33.4 Å². The Bertz CT molecular complexity index is 2530. The second kappa shape index (κ2) is 13.5. The highest BCUT2D eigenvalue weighted by molar-refractivity contribution is 7.23. The SMILES string of the molecule is CC1(C)C2=CC3c4ccccc4C4(CCCCC4)C3CC2C2=C1C=CCC2C1=CC(C2C=CC=C(C3N=C(C4C=CC=CC4)c4c(sc5ccccc45)N3)C2)CC=C1. The summed E-state index contributed by atoms with van der Waals surface area (Å²) in [4.78, 5) is 5.59. The van der Waals surface area contributed by atoms with E-state index in [0.29, 0.717) is 40.9 Å². The monoisotopic (exact) mass is 776 g/mol. The first-order valence-corrected chi connectivity index (χ1v) is 23.5. The number of rotatable bonds is 4. The average Bonchev–Trinajstić information content (AvgIpc) is 3.86.